The molecule has 1 fully saturated rings. The third-order valence-corrected chi connectivity index (χ3v) is 2.84. The van der Waals surface area contributed by atoms with Crippen molar-refractivity contribution >= 4 is 5.91 Å². The molecule has 0 aliphatic carbocycles. The average molecular weight is 229 g/mol. The molecule has 1 aliphatic rings. The van der Waals surface area contributed by atoms with E-state index in [2.05, 4.69) is 17.1 Å². The van der Waals surface area contributed by atoms with Crippen LogP contribution >= 0.6 is 0 Å². The van der Waals surface area contributed by atoms with Crippen LogP contribution in [0.4, 0.5) is 0 Å². The largest absolute Gasteiger partial charge is 0.395 e. The van der Waals surface area contributed by atoms with Crippen molar-refractivity contribution in [1.29, 1.82) is 0 Å². The lowest BCUT2D eigenvalue weighted by Crippen LogP contribution is -2.51. The van der Waals surface area contributed by atoms with Gasteiger partial charge in [-0.2, -0.15) is 0 Å². The molecular formula is C11H23N3O2. The fourth-order valence-corrected chi connectivity index (χ4v) is 1.85. The Morgan fingerprint density at radius 2 is 2.00 bits per heavy atom. The van der Waals surface area contributed by atoms with Crippen LogP contribution in [0.2, 0.25) is 0 Å². The number of piperazine rings is 1. The van der Waals surface area contributed by atoms with Crippen molar-refractivity contribution in [2.45, 2.75) is 13.3 Å². The van der Waals surface area contributed by atoms with Crippen molar-refractivity contribution in [3.8, 4) is 0 Å². The molecule has 0 aromatic heterocycles. The summed E-state index contributed by atoms with van der Waals surface area (Å²) in [5.74, 6) is 0.192. The van der Waals surface area contributed by atoms with Gasteiger partial charge in [0.15, 0.2) is 0 Å². The quantitative estimate of drug-likeness (QED) is 0.581. The Kier molecular flexibility index (Phi) is 6.37. The summed E-state index contributed by atoms with van der Waals surface area (Å²) in [4.78, 5) is 15.8. The third-order valence-electron chi connectivity index (χ3n) is 2.84. The molecule has 16 heavy (non-hydrogen) atoms. The molecule has 0 unspecified atom stereocenters. The summed E-state index contributed by atoms with van der Waals surface area (Å²) in [6.45, 7) is 7.68. The molecule has 1 rings (SSSR count). The number of carbonyl (C=O) groups excluding carboxylic acids is 1. The van der Waals surface area contributed by atoms with Gasteiger partial charge in [0.2, 0.25) is 5.91 Å². The van der Waals surface area contributed by atoms with Crippen LogP contribution in [-0.2, 0) is 4.79 Å². The first-order chi connectivity index (χ1) is 7.77. The zero-order chi connectivity index (χ0) is 11.8. The van der Waals surface area contributed by atoms with E-state index >= 15 is 0 Å². The zero-order valence-electron chi connectivity index (χ0n) is 10.1. The van der Waals surface area contributed by atoms with Crippen molar-refractivity contribution in [3.63, 3.8) is 0 Å². The molecule has 0 spiro atoms. The summed E-state index contributed by atoms with van der Waals surface area (Å²) in [5.41, 5.74) is 0. The van der Waals surface area contributed by atoms with Crippen LogP contribution in [0, 0.1) is 0 Å². The number of β-amino-alcohol motifs (C(OH)–C–C–N with tert-alkyl or cyclic N) is 1. The Balaban J connectivity index is 2.17. The lowest BCUT2D eigenvalue weighted by Gasteiger charge is -2.34. The summed E-state index contributed by atoms with van der Waals surface area (Å²) in [5, 5.41) is 11.9. The summed E-state index contributed by atoms with van der Waals surface area (Å²) >= 11 is 0. The van der Waals surface area contributed by atoms with Crippen LogP contribution in [0.1, 0.15) is 13.3 Å². The predicted octanol–water partition coefficient (Wildman–Crippen LogP) is -0.877. The minimum Gasteiger partial charge on any atom is -0.395 e. The number of rotatable bonds is 6. The molecule has 1 aliphatic heterocycles. The van der Waals surface area contributed by atoms with Crippen molar-refractivity contribution in [3.05, 3.63) is 0 Å². The molecule has 1 heterocycles. The smallest absolute Gasteiger partial charge is 0.236 e. The van der Waals surface area contributed by atoms with Gasteiger partial charge >= 0.3 is 0 Å². The normalized spacial score (nSPS) is 17.8. The Hall–Kier alpha value is -0.650. The Morgan fingerprint density at radius 1 is 1.31 bits per heavy atom. The third kappa shape index (κ3) is 4.47. The SMILES string of the molecule is CCCNCC(=O)N1CCN(CCO)CC1. The number of nitrogens with one attached hydrogen (secondary N) is 1. The molecular weight excluding hydrogens is 206 g/mol. The Morgan fingerprint density at radius 3 is 2.56 bits per heavy atom. The zero-order valence-corrected chi connectivity index (χ0v) is 10.1. The summed E-state index contributed by atoms with van der Waals surface area (Å²) in [6.07, 6.45) is 1.05. The van der Waals surface area contributed by atoms with Gasteiger partial charge in [0.1, 0.15) is 0 Å². The number of amides is 1. The van der Waals surface area contributed by atoms with E-state index in [0.717, 1.165) is 45.7 Å². The summed E-state index contributed by atoms with van der Waals surface area (Å²) in [7, 11) is 0. The molecule has 5 heteroatoms. The maximum atomic E-state index is 11.7. The van der Waals surface area contributed by atoms with Crippen LogP contribution in [0.3, 0.4) is 0 Å². The lowest BCUT2D eigenvalue weighted by atomic mass is 10.3. The van der Waals surface area contributed by atoms with Gasteiger partial charge in [-0.3, -0.25) is 9.69 Å². The van der Waals surface area contributed by atoms with Crippen LogP contribution in [0.5, 0.6) is 0 Å². The van der Waals surface area contributed by atoms with E-state index in [-0.39, 0.29) is 12.5 Å². The van der Waals surface area contributed by atoms with E-state index in [0.29, 0.717) is 6.54 Å². The number of hydrogen-bond acceptors (Lipinski definition) is 4. The van der Waals surface area contributed by atoms with Crippen LogP contribution in [-0.4, -0.2) is 73.2 Å². The van der Waals surface area contributed by atoms with Gasteiger partial charge in [0, 0.05) is 32.7 Å². The number of carbonyl (C=O) groups is 1. The summed E-state index contributed by atoms with van der Waals surface area (Å²) in [6, 6.07) is 0. The van der Waals surface area contributed by atoms with Crippen LogP contribution < -0.4 is 5.32 Å². The maximum absolute atomic E-state index is 11.7. The van der Waals surface area contributed by atoms with E-state index in [1.54, 1.807) is 0 Å². The molecule has 0 bridgehead atoms. The minimum absolute atomic E-state index is 0.192. The van der Waals surface area contributed by atoms with Gasteiger partial charge in [0.05, 0.1) is 13.2 Å². The highest BCUT2D eigenvalue weighted by molar-refractivity contribution is 5.78. The van der Waals surface area contributed by atoms with Gasteiger partial charge in [0.25, 0.3) is 0 Å². The molecule has 94 valence electrons. The molecule has 5 nitrogen and oxygen atoms in total. The molecule has 0 aromatic rings. The van der Waals surface area contributed by atoms with Crippen molar-refractivity contribution in [1.82, 2.24) is 15.1 Å². The van der Waals surface area contributed by atoms with E-state index in [1.165, 1.54) is 0 Å². The minimum atomic E-state index is 0.192. The first-order valence-electron chi connectivity index (χ1n) is 6.09. The fraction of sp³-hybridized carbons (Fsp3) is 0.909. The molecule has 2 N–H and O–H groups in total. The highest BCUT2D eigenvalue weighted by Crippen LogP contribution is 2.01. The first-order valence-corrected chi connectivity index (χ1v) is 6.09. The van der Waals surface area contributed by atoms with Crippen LogP contribution in [0.15, 0.2) is 0 Å². The van der Waals surface area contributed by atoms with Crippen molar-refractivity contribution < 1.29 is 9.90 Å². The Bertz CT molecular complexity index is 203. The molecule has 1 saturated heterocycles. The molecule has 0 saturated carbocycles. The Labute approximate surface area is 97.4 Å². The molecule has 0 radical (unpaired) electrons. The standard InChI is InChI=1S/C11H23N3O2/c1-2-3-12-10-11(16)14-6-4-13(5-7-14)8-9-15/h12,15H,2-10H2,1H3. The molecule has 1 amide bonds. The van der Waals surface area contributed by atoms with Gasteiger partial charge in [-0.15, -0.1) is 0 Å². The topological polar surface area (TPSA) is 55.8 Å². The lowest BCUT2D eigenvalue weighted by molar-refractivity contribution is -0.132. The second-order valence-corrected chi connectivity index (χ2v) is 4.12. The van der Waals surface area contributed by atoms with Gasteiger partial charge in [-0.05, 0) is 13.0 Å². The molecule has 0 atom stereocenters. The van der Waals surface area contributed by atoms with E-state index in [9.17, 15) is 4.79 Å². The summed E-state index contributed by atoms with van der Waals surface area (Å²) < 4.78 is 0. The van der Waals surface area contributed by atoms with Gasteiger partial charge < -0.3 is 15.3 Å². The first kappa shape index (κ1) is 13.4. The number of aliphatic hydroxyl groups is 1. The highest BCUT2D eigenvalue weighted by atomic mass is 16.3. The fourth-order valence-electron chi connectivity index (χ4n) is 1.85. The van der Waals surface area contributed by atoms with Gasteiger partial charge in [-0.1, -0.05) is 6.92 Å². The second kappa shape index (κ2) is 7.60. The van der Waals surface area contributed by atoms with E-state index in [4.69, 9.17) is 5.11 Å². The average Bonchev–Trinajstić information content (AvgIpc) is 2.30. The van der Waals surface area contributed by atoms with Crippen LogP contribution in [0.25, 0.3) is 0 Å². The number of nitrogens with zero attached hydrogens (tertiary/aromatic N) is 2. The highest BCUT2D eigenvalue weighted by Gasteiger charge is 2.19. The second-order valence-electron chi connectivity index (χ2n) is 4.12. The van der Waals surface area contributed by atoms with Crippen molar-refractivity contribution in [2.24, 2.45) is 0 Å². The molecule has 0 aromatic carbocycles. The number of hydrogen-bond donors (Lipinski definition) is 2. The van der Waals surface area contributed by atoms with Crippen molar-refractivity contribution in [2.75, 3.05) is 52.4 Å². The van der Waals surface area contributed by atoms with Gasteiger partial charge in [-0.25, -0.2) is 0 Å². The monoisotopic (exact) mass is 229 g/mol. The van der Waals surface area contributed by atoms with E-state index < -0.39 is 0 Å². The number of aliphatic hydroxyl groups excluding tert-OH is 1. The maximum Gasteiger partial charge on any atom is 0.236 e. The predicted molar refractivity (Wildman–Crippen MR) is 63.3 cm³/mol. The van der Waals surface area contributed by atoms with E-state index in [1.807, 2.05) is 4.90 Å².